The molecule has 2 aromatic carbocycles. The first kappa shape index (κ1) is 22.7. The van der Waals surface area contributed by atoms with Crippen LogP contribution in [-0.2, 0) is 24.0 Å². The zero-order valence-corrected chi connectivity index (χ0v) is 19.2. The number of halogens is 2. The first-order valence-electron chi connectivity index (χ1n) is 8.85. The van der Waals surface area contributed by atoms with Gasteiger partial charge in [-0.1, -0.05) is 42.8 Å². The summed E-state index contributed by atoms with van der Waals surface area (Å²) in [5.41, 5.74) is 2.29. The van der Waals surface area contributed by atoms with Crippen molar-refractivity contribution >= 4 is 28.5 Å². The molecular weight excluding hydrogens is 519 g/mol. The third-order valence-electron chi connectivity index (χ3n) is 3.95. The van der Waals surface area contributed by atoms with Crippen molar-refractivity contribution in [2.45, 2.75) is 25.9 Å². The summed E-state index contributed by atoms with van der Waals surface area (Å²) in [6, 6.07) is 16.3. The number of benzene rings is 2. The third kappa shape index (κ3) is 8.97. The Labute approximate surface area is 182 Å². The van der Waals surface area contributed by atoms with Gasteiger partial charge in [0.25, 0.3) is 0 Å². The van der Waals surface area contributed by atoms with E-state index in [-0.39, 0.29) is 0 Å². The first-order chi connectivity index (χ1) is 13.3. The minimum absolute atomic E-state index is 0.642. The van der Waals surface area contributed by atoms with E-state index in [0.717, 1.165) is 48.6 Å². The standard InChI is InChI=1S/C20H24N2O2.2BrH.Ni/c1-3-9-19-17(7-1)15-21-11-5-12-22-16-18-8-2-4-10-20(18)24-14-6-13-23-19;;;/h1-4,7-10H,5-6,11-16H2;2*1H;/q-2;;;+4/p-2. The molecule has 4 nitrogen and oxygen atoms in total. The van der Waals surface area contributed by atoms with Gasteiger partial charge in [-0.15, -0.1) is 13.1 Å². The molecule has 0 spiro atoms. The fraction of sp³-hybridized carbons (Fsp3) is 0.400. The van der Waals surface area contributed by atoms with Gasteiger partial charge in [-0.2, -0.15) is 13.1 Å². The maximum absolute atomic E-state index is 5.92. The van der Waals surface area contributed by atoms with Gasteiger partial charge in [-0.25, -0.2) is 0 Å². The van der Waals surface area contributed by atoms with E-state index in [1.807, 2.05) is 36.4 Å². The van der Waals surface area contributed by atoms with Gasteiger partial charge in [0.05, 0.1) is 13.2 Å². The molecule has 0 saturated heterocycles. The van der Waals surface area contributed by atoms with Gasteiger partial charge in [0.2, 0.25) is 0 Å². The minimum Gasteiger partial charge on any atom is -0.658 e. The molecule has 1 heterocycles. The van der Waals surface area contributed by atoms with Crippen LogP contribution >= 0.6 is 28.5 Å². The van der Waals surface area contributed by atoms with Crippen LogP contribution in [0, 0.1) is 0 Å². The van der Waals surface area contributed by atoms with E-state index in [1.165, 1.54) is 10.9 Å². The second-order valence-corrected chi connectivity index (χ2v) is 10.9. The molecule has 2 aromatic rings. The van der Waals surface area contributed by atoms with Crippen LogP contribution in [-0.4, -0.2) is 26.3 Å². The SMILES string of the molecule is [Br][Ni+2][Br].c1ccc2c(c1)C[N-]CCC[N-]Cc1ccccc1OCCCO2. The Morgan fingerprint density at radius 2 is 1.15 bits per heavy atom. The number of rotatable bonds is 0. The Morgan fingerprint density at radius 3 is 1.63 bits per heavy atom. The van der Waals surface area contributed by atoms with Crippen LogP contribution in [0.1, 0.15) is 24.0 Å². The van der Waals surface area contributed by atoms with Crippen molar-refractivity contribution in [2.24, 2.45) is 0 Å². The minimum atomic E-state index is 0.642. The van der Waals surface area contributed by atoms with E-state index < -0.39 is 0 Å². The first-order valence-corrected chi connectivity index (χ1v) is 13.7. The summed E-state index contributed by atoms with van der Waals surface area (Å²) >= 11 is 6.00. The number of nitrogens with zero attached hydrogens (tertiary/aromatic N) is 2. The zero-order chi connectivity index (χ0) is 19.2. The largest absolute Gasteiger partial charge is 0.658 e. The summed E-state index contributed by atoms with van der Waals surface area (Å²) in [5.74, 6) is 1.86. The van der Waals surface area contributed by atoms with Crippen molar-refractivity contribution < 1.29 is 20.4 Å². The summed E-state index contributed by atoms with van der Waals surface area (Å²) in [4.78, 5) is 0. The molecule has 0 aliphatic carbocycles. The van der Waals surface area contributed by atoms with E-state index in [0.29, 0.717) is 26.3 Å². The van der Waals surface area contributed by atoms with Gasteiger partial charge in [0, 0.05) is 6.42 Å². The van der Waals surface area contributed by atoms with E-state index in [4.69, 9.17) is 9.47 Å². The van der Waals surface area contributed by atoms with Gasteiger partial charge in [0.15, 0.2) is 0 Å². The second kappa shape index (κ2) is 14.4. The Hall–Kier alpha value is -0.586. The second-order valence-electron chi connectivity index (χ2n) is 5.88. The van der Waals surface area contributed by atoms with Gasteiger partial charge < -0.3 is 20.1 Å². The van der Waals surface area contributed by atoms with Crippen molar-refractivity contribution in [3.63, 3.8) is 0 Å². The number of hydrogen-bond acceptors (Lipinski definition) is 2. The molecule has 0 N–H and O–H groups in total. The van der Waals surface area contributed by atoms with Crippen molar-refractivity contribution in [3.05, 3.63) is 70.3 Å². The number of ether oxygens (including phenoxy) is 2. The zero-order valence-electron chi connectivity index (χ0n) is 15.1. The van der Waals surface area contributed by atoms with Gasteiger partial charge in [-0.05, 0) is 23.3 Å². The molecular formula is C20H24Br2N2NiO2. The topological polar surface area (TPSA) is 46.7 Å². The Balaban J connectivity index is 0.000000817. The predicted molar refractivity (Wildman–Crippen MR) is 115 cm³/mol. The molecule has 0 saturated carbocycles. The van der Waals surface area contributed by atoms with Crippen LogP contribution in [0.4, 0.5) is 0 Å². The van der Waals surface area contributed by atoms with Crippen LogP contribution in [0.15, 0.2) is 48.5 Å². The van der Waals surface area contributed by atoms with Gasteiger partial charge in [-0.3, -0.25) is 0 Å². The van der Waals surface area contributed by atoms with Crippen molar-refractivity contribution in [1.82, 2.24) is 0 Å². The maximum Gasteiger partial charge on any atom is 0.120 e. The molecule has 1 aliphatic heterocycles. The fourth-order valence-electron chi connectivity index (χ4n) is 2.67. The Bertz CT molecular complexity index is 608. The van der Waals surface area contributed by atoms with Crippen LogP contribution in [0.2, 0.25) is 0 Å². The quantitative estimate of drug-likeness (QED) is 0.363. The van der Waals surface area contributed by atoms with Crippen LogP contribution in [0.3, 0.4) is 0 Å². The molecule has 0 amide bonds. The number of hydrogen-bond donors (Lipinski definition) is 0. The average Bonchev–Trinajstić information content (AvgIpc) is 2.69. The molecule has 0 aromatic heterocycles. The molecule has 0 atom stereocenters. The molecule has 27 heavy (non-hydrogen) atoms. The van der Waals surface area contributed by atoms with E-state index >= 15 is 0 Å². The molecule has 3 rings (SSSR count). The monoisotopic (exact) mass is 540 g/mol. The van der Waals surface area contributed by atoms with Crippen molar-refractivity contribution in [2.75, 3.05) is 26.3 Å². The summed E-state index contributed by atoms with van der Waals surface area (Å²) in [5, 5.41) is 9.24. The number of para-hydroxylation sites is 2. The molecule has 0 bridgehead atoms. The van der Waals surface area contributed by atoms with E-state index in [1.54, 1.807) is 0 Å². The smallest absolute Gasteiger partial charge is 0.120 e. The molecule has 0 radical (unpaired) electrons. The normalized spacial score (nSPS) is 15.9. The van der Waals surface area contributed by atoms with E-state index in [2.05, 4.69) is 51.2 Å². The summed E-state index contributed by atoms with van der Waals surface area (Å²) in [6.45, 7) is 4.35. The molecule has 150 valence electrons. The Morgan fingerprint density at radius 1 is 0.704 bits per heavy atom. The Kier molecular flexibility index (Phi) is 12.1. The fourth-order valence-corrected chi connectivity index (χ4v) is 2.67. The maximum atomic E-state index is 5.92. The van der Waals surface area contributed by atoms with Crippen molar-refractivity contribution in [1.29, 1.82) is 0 Å². The number of fused-ring (bicyclic) bond motifs is 2. The molecule has 7 heteroatoms. The molecule has 1 aliphatic rings. The van der Waals surface area contributed by atoms with Gasteiger partial charge >= 0.3 is 39.3 Å². The van der Waals surface area contributed by atoms with E-state index in [9.17, 15) is 0 Å². The van der Waals surface area contributed by atoms with Crippen molar-refractivity contribution in [3.8, 4) is 11.5 Å². The average molecular weight is 543 g/mol. The third-order valence-corrected chi connectivity index (χ3v) is 3.95. The van der Waals surface area contributed by atoms with Crippen LogP contribution in [0.5, 0.6) is 11.5 Å². The summed E-state index contributed by atoms with van der Waals surface area (Å²) in [6.07, 6.45) is 1.82. The van der Waals surface area contributed by atoms with Gasteiger partial charge in [0.1, 0.15) is 11.5 Å². The van der Waals surface area contributed by atoms with Crippen LogP contribution < -0.4 is 9.47 Å². The predicted octanol–water partition coefficient (Wildman–Crippen LogP) is 6.37. The molecule has 0 fully saturated rings. The summed E-state index contributed by atoms with van der Waals surface area (Å²) < 4.78 is 11.8. The van der Waals surface area contributed by atoms with Crippen LogP contribution in [0.25, 0.3) is 10.6 Å². The molecule has 0 unspecified atom stereocenters. The summed E-state index contributed by atoms with van der Waals surface area (Å²) in [7, 11) is 1.25.